The third-order valence-electron chi connectivity index (χ3n) is 5.86. The van der Waals surface area contributed by atoms with Crippen LogP contribution in [0.1, 0.15) is 43.0 Å². The highest BCUT2D eigenvalue weighted by Crippen LogP contribution is 2.28. The minimum atomic E-state index is -3.83. The Morgan fingerprint density at radius 3 is 2.61 bits per heavy atom. The van der Waals surface area contributed by atoms with E-state index in [1.165, 1.54) is 0 Å². The van der Waals surface area contributed by atoms with E-state index in [9.17, 15) is 13.2 Å². The van der Waals surface area contributed by atoms with Gasteiger partial charge in [-0.05, 0) is 55.2 Å². The maximum atomic E-state index is 11.8. The van der Waals surface area contributed by atoms with Gasteiger partial charge in [0.2, 0.25) is 11.8 Å². The predicted octanol–water partition coefficient (Wildman–Crippen LogP) is 3.80. The van der Waals surface area contributed by atoms with Crippen LogP contribution in [-0.2, 0) is 15.0 Å². The molecule has 1 amide bonds. The highest BCUT2D eigenvalue weighted by Gasteiger charge is 2.29. The van der Waals surface area contributed by atoms with Crippen LogP contribution in [0.4, 0.5) is 0 Å². The highest BCUT2D eigenvalue weighted by molar-refractivity contribution is 7.88. The monoisotopic (exact) mass is 511 g/mol. The second-order valence-corrected chi connectivity index (χ2v) is 10.0. The van der Waals surface area contributed by atoms with E-state index in [2.05, 4.69) is 16.3 Å². The summed E-state index contributed by atoms with van der Waals surface area (Å²) < 4.78 is 45.4. The Morgan fingerprint density at radius 1 is 1.14 bits per heavy atom. The first kappa shape index (κ1) is 25.5. The lowest BCUT2D eigenvalue weighted by Crippen LogP contribution is -2.48. The summed E-state index contributed by atoms with van der Waals surface area (Å²) in [5.74, 6) is 1.97. The molecule has 2 aliphatic rings. The lowest BCUT2D eigenvalue weighted by Gasteiger charge is -2.24. The Balaban J connectivity index is 1.37. The fourth-order valence-electron chi connectivity index (χ4n) is 3.95. The van der Waals surface area contributed by atoms with E-state index < -0.39 is 22.2 Å². The molecule has 1 fully saturated rings. The van der Waals surface area contributed by atoms with Crippen LogP contribution in [0.2, 0.25) is 0 Å². The van der Waals surface area contributed by atoms with Gasteiger partial charge in [-0.2, -0.15) is 13.1 Å². The summed E-state index contributed by atoms with van der Waals surface area (Å²) in [5.41, 5.74) is 2.26. The van der Waals surface area contributed by atoms with E-state index >= 15 is 0 Å². The Labute approximate surface area is 211 Å². The number of hydrogen-bond donors (Lipinski definition) is 2. The number of nitrogens with one attached hydrogen (secondary N) is 2. The lowest BCUT2D eigenvalue weighted by molar-refractivity contribution is -0.120. The van der Waals surface area contributed by atoms with E-state index in [-0.39, 0.29) is 12.5 Å². The molecule has 9 nitrogen and oxygen atoms in total. The quantitative estimate of drug-likeness (QED) is 0.606. The maximum absolute atomic E-state index is 11.8. The Hall–Kier alpha value is -3.63. The number of aryl methyl sites for hydroxylation is 1. The van der Waals surface area contributed by atoms with Crippen molar-refractivity contribution in [3.05, 3.63) is 83.8 Å². The van der Waals surface area contributed by atoms with Gasteiger partial charge in [0.25, 0.3) is 0 Å². The summed E-state index contributed by atoms with van der Waals surface area (Å²) in [5, 5.41) is 0. The molecule has 0 spiro atoms. The molecule has 0 bridgehead atoms. The van der Waals surface area contributed by atoms with Crippen molar-refractivity contribution in [3.63, 3.8) is 0 Å². The number of carbonyl (C=O) groups is 1. The zero-order valence-corrected chi connectivity index (χ0v) is 21.0. The van der Waals surface area contributed by atoms with Crippen molar-refractivity contribution < 1.29 is 27.4 Å². The van der Waals surface area contributed by atoms with E-state index in [0.717, 1.165) is 17.7 Å². The number of carbonyl (C=O) groups excluding carboxylic acids is 1. The Morgan fingerprint density at radius 2 is 1.92 bits per heavy atom. The average molecular weight is 512 g/mol. The molecule has 1 aromatic carbocycles. The summed E-state index contributed by atoms with van der Waals surface area (Å²) in [6.07, 6.45) is 7.91. The number of nitrogens with zero attached hydrogens (tertiary/aromatic N) is 1. The van der Waals surface area contributed by atoms with Crippen LogP contribution in [0.25, 0.3) is 0 Å². The first-order valence-corrected chi connectivity index (χ1v) is 13.0. The molecule has 1 aliphatic heterocycles. The molecule has 1 aliphatic carbocycles. The number of rotatable bonds is 6. The second-order valence-electron chi connectivity index (χ2n) is 8.59. The molecule has 1 unspecified atom stereocenters. The summed E-state index contributed by atoms with van der Waals surface area (Å²) in [7, 11) is -2.26. The van der Waals surface area contributed by atoms with Crippen LogP contribution < -0.4 is 23.7 Å². The van der Waals surface area contributed by atoms with Crippen LogP contribution in [0, 0.1) is 6.92 Å². The number of aromatic nitrogens is 1. The normalized spacial score (nSPS) is 22.8. The van der Waals surface area contributed by atoms with Crippen LogP contribution in [-0.4, -0.2) is 32.5 Å². The Kier molecular flexibility index (Phi) is 7.76. The topological polar surface area (TPSA) is 116 Å². The van der Waals surface area contributed by atoms with Crippen molar-refractivity contribution >= 4 is 16.1 Å². The van der Waals surface area contributed by atoms with Gasteiger partial charge in [-0.1, -0.05) is 30.9 Å². The molecule has 0 radical (unpaired) electrons. The number of ether oxygens (including phenoxy) is 3. The number of hydrogen-bond acceptors (Lipinski definition) is 7. The van der Waals surface area contributed by atoms with Gasteiger partial charge in [0.1, 0.15) is 23.4 Å². The minimum Gasteiger partial charge on any atom is -0.490 e. The SMILES string of the molecule is C=C1CC[C@@H](Oc2ccc(C3CC(=O)NS(=O)(=O)N3)cc2)C/C=C\C=C1Oc1ccc(OC)nc1C. The predicted molar refractivity (Wildman–Crippen MR) is 135 cm³/mol. The van der Waals surface area contributed by atoms with Gasteiger partial charge in [-0.25, -0.2) is 9.71 Å². The van der Waals surface area contributed by atoms with Crippen molar-refractivity contribution in [2.45, 2.75) is 44.8 Å². The van der Waals surface area contributed by atoms with E-state index in [1.807, 2.05) is 35.9 Å². The molecular formula is C26H29N3O6S. The van der Waals surface area contributed by atoms with Crippen LogP contribution >= 0.6 is 0 Å². The fourth-order valence-corrected chi connectivity index (χ4v) is 4.99. The van der Waals surface area contributed by atoms with Gasteiger partial charge in [0.05, 0.1) is 18.8 Å². The summed E-state index contributed by atoms with van der Waals surface area (Å²) >= 11 is 0. The molecule has 36 heavy (non-hydrogen) atoms. The number of pyridine rings is 1. The zero-order valence-electron chi connectivity index (χ0n) is 20.2. The smallest absolute Gasteiger partial charge is 0.301 e. The molecule has 4 rings (SSSR count). The first-order valence-electron chi connectivity index (χ1n) is 11.6. The molecule has 2 aromatic rings. The number of amides is 1. The van der Waals surface area contributed by atoms with E-state index in [4.69, 9.17) is 14.2 Å². The van der Waals surface area contributed by atoms with Crippen molar-refractivity contribution in [1.29, 1.82) is 0 Å². The van der Waals surface area contributed by atoms with Gasteiger partial charge in [-0.15, -0.1) is 0 Å². The summed E-state index contributed by atoms with van der Waals surface area (Å²) in [4.78, 5) is 16.0. The van der Waals surface area contributed by atoms with Crippen LogP contribution in [0.15, 0.2) is 72.5 Å². The molecule has 2 atom stereocenters. The fraction of sp³-hybridized carbons (Fsp3) is 0.308. The summed E-state index contributed by atoms with van der Waals surface area (Å²) in [6.45, 7) is 6.07. The highest BCUT2D eigenvalue weighted by atomic mass is 32.2. The average Bonchev–Trinajstić information content (AvgIpc) is 2.91. The largest absolute Gasteiger partial charge is 0.490 e. The van der Waals surface area contributed by atoms with Gasteiger partial charge < -0.3 is 14.2 Å². The van der Waals surface area contributed by atoms with Crippen LogP contribution in [0.5, 0.6) is 17.4 Å². The number of benzene rings is 1. The van der Waals surface area contributed by atoms with Crippen LogP contribution in [0.3, 0.4) is 0 Å². The van der Waals surface area contributed by atoms with E-state index in [0.29, 0.717) is 41.5 Å². The third kappa shape index (κ3) is 6.52. The Bertz CT molecular complexity index is 1300. The molecule has 10 heteroatoms. The minimum absolute atomic E-state index is 0.0402. The standard InChI is InChI=1S/C26H29N3O6S/c1-17-8-11-20(6-4-5-7-23(17)35-24-14-15-26(33-3)27-18(24)2)34-21-12-9-19(10-13-21)22-16-25(30)29-36(31,32)28-22/h4-5,7,9-10,12-15,20,22,28H,1,6,8,11,16H2,2-3H3,(H,29,30)/b5-4-,23-7?/t20-,22?/m0/s1. The number of methoxy groups -OCH3 is 1. The molecular weight excluding hydrogens is 482 g/mol. The second kappa shape index (κ2) is 11.0. The number of allylic oxidation sites excluding steroid dienone is 3. The summed E-state index contributed by atoms with van der Waals surface area (Å²) in [6, 6.07) is 10.1. The van der Waals surface area contributed by atoms with Crippen molar-refractivity contribution in [1.82, 2.24) is 14.4 Å². The molecule has 190 valence electrons. The molecule has 1 aromatic heterocycles. The van der Waals surface area contributed by atoms with E-state index in [1.54, 1.807) is 37.4 Å². The van der Waals surface area contributed by atoms with Crippen molar-refractivity contribution in [2.24, 2.45) is 0 Å². The molecule has 2 N–H and O–H groups in total. The van der Waals surface area contributed by atoms with Gasteiger partial charge in [-0.3, -0.25) is 4.79 Å². The first-order chi connectivity index (χ1) is 17.2. The van der Waals surface area contributed by atoms with Gasteiger partial charge in [0, 0.05) is 18.9 Å². The van der Waals surface area contributed by atoms with Gasteiger partial charge in [0.15, 0.2) is 0 Å². The van der Waals surface area contributed by atoms with Gasteiger partial charge >= 0.3 is 10.2 Å². The maximum Gasteiger partial charge on any atom is 0.301 e. The molecule has 2 heterocycles. The molecule has 1 saturated heterocycles. The molecule has 0 saturated carbocycles. The van der Waals surface area contributed by atoms with Crippen molar-refractivity contribution in [3.8, 4) is 17.4 Å². The zero-order chi connectivity index (χ0) is 25.7. The lowest BCUT2D eigenvalue weighted by atomic mass is 10.0. The third-order valence-corrected chi connectivity index (χ3v) is 6.95. The van der Waals surface area contributed by atoms with Crippen molar-refractivity contribution in [2.75, 3.05) is 7.11 Å².